The maximum atomic E-state index is 13.2. The Labute approximate surface area is 129 Å². The number of hydrogen-bond acceptors (Lipinski definition) is 2. The molecule has 0 atom stereocenters. The van der Waals surface area contributed by atoms with Crippen LogP contribution in [0.2, 0.25) is 6.55 Å². The first kappa shape index (κ1) is 14.0. The molecule has 0 saturated carbocycles. The van der Waals surface area contributed by atoms with E-state index in [1.807, 2.05) is 53.9 Å². The summed E-state index contributed by atoms with van der Waals surface area (Å²) in [4.78, 5) is 14.1. The van der Waals surface area contributed by atoms with Crippen LogP contribution in [0.25, 0.3) is 0 Å². The summed E-state index contributed by atoms with van der Waals surface area (Å²) < 4.78 is 0. The Morgan fingerprint density at radius 2 is 1.33 bits per heavy atom. The van der Waals surface area contributed by atoms with Gasteiger partial charge in [0.25, 0.3) is 0 Å². The van der Waals surface area contributed by atoms with Crippen LogP contribution in [0.3, 0.4) is 0 Å². The first-order valence-corrected chi connectivity index (χ1v) is 10.3. The van der Waals surface area contributed by atoms with Crippen molar-refractivity contribution in [2.45, 2.75) is 6.55 Å². The third kappa shape index (κ3) is 2.50. The number of hydrogen-bond donors (Lipinski definition) is 0. The Bertz CT molecular complexity index is 681. The van der Waals surface area contributed by atoms with E-state index in [1.165, 1.54) is 11.3 Å². The lowest BCUT2D eigenvalue weighted by Crippen LogP contribution is -2.62. The summed E-state index contributed by atoms with van der Waals surface area (Å²) in [5.74, 6) is 0. The number of carbonyl (C=O) groups is 1. The zero-order chi connectivity index (χ0) is 14.7. The smallest absolute Gasteiger partial charge is 0.198 e. The molecule has 0 amide bonds. The highest BCUT2D eigenvalue weighted by molar-refractivity contribution is 7.28. The van der Waals surface area contributed by atoms with Gasteiger partial charge in [-0.15, -0.1) is 11.3 Å². The Hall–Kier alpha value is -1.97. The van der Waals surface area contributed by atoms with Gasteiger partial charge in [-0.1, -0.05) is 73.3 Å². The first-order chi connectivity index (χ1) is 10.2. The minimum absolute atomic E-state index is 0.287. The average Bonchev–Trinajstić information content (AvgIpc) is 3.09. The molecular formula is C18H16OSSi. The third-order valence-electron chi connectivity index (χ3n) is 3.90. The Kier molecular flexibility index (Phi) is 3.86. The molecule has 0 N–H and O–H groups in total. The molecule has 3 aromatic rings. The van der Waals surface area contributed by atoms with E-state index in [2.05, 4.69) is 30.8 Å². The fourth-order valence-electron chi connectivity index (χ4n) is 2.63. The molecule has 2 aromatic carbocycles. The van der Waals surface area contributed by atoms with Crippen LogP contribution < -0.4 is 10.4 Å². The topological polar surface area (TPSA) is 17.1 Å². The van der Waals surface area contributed by atoms with Gasteiger partial charge in [-0.05, 0) is 21.8 Å². The van der Waals surface area contributed by atoms with Gasteiger partial charge < -0.3 is 0 Å². The van der Waals surface area contributed by atoms with Crippen molar-refractivity contribution in [1.29, 1.82) is 0 Å². The zero-order valence-electron chi connectivity index (χ0n) is 11.8. The van der Waals surface area contributed by atoms with Crippen molar-refractivity contribution in [2.75, 3.05) is 0 Å². The van der Waals surface area contributed by atoms with E-state index in [4.69, 9.17) is 0 Å². The summed E-state index contributed by atoms with van der Waals surface area (Å²) in [5, 5.41) is 4.58. The molecule has 3 rings (SSSR count). The second-order valence-electron chi connectivity index (χ2n) is 5.16. The average molecular weight is 308 g/mol. The van der Waals surface area contributed by atoms with E-state index in [0.717, 1.165) is 15.3 Å². The fourth-order valence-corrected chi connectivity index (χ4v) is 7.14. The van der Waals surface area contributed by atoms with E-state index in [1.54, 1.807) is 0 Å². The molecule has 0 aliphatic carbocycles. The van der Waals surface area contributed by atoms with Gasteiger partial charge in [0, 0.05) is 0 Å². The lowest BCUT2D eigenvalue weighted by Gasteiger charge is -2.26. The van der Waals surface area contributed by atoms with Crippen LogP contribution in [0.1, 0.15) is 9.67 Å². The van der Waals surface area contributed by atoms with Gasteiger partial charge in [0.1, 0.15) is 0 Å². The van der Waals surface area contributed by atoms with Gasteiger partial charge in [0.05, 0.1) is 4.88 Å². The van der Waals surface area contributed by atoms with Gasteiger partial charge in [0.2, 0.25) is 0 Å². The van der Waals surface area contributed by atoms with E-state index >= 15 is 0 Å². The molecule has 1 nitrogen and oxygen atoms in total. The number of thiophene rings is 1. The van der Waals surface area contributed by atoms with Crippen molar-refractivity contribution >= 4 is 35.2 Å². The van der Waals surface area contributed by atoms with E-state index < -0.39 is 8.07 Å². The van der Waals surface area contributed by atoms with Gasteiger partial charge in [0.15, 0.2) is 13.5 Å². The number of rotatable bonds is 4. The lowest BCUT2D eigenvalue weighted by molar-refractivity contribution is 0.107. The van der Waals surface area contributed by atoms with E-state index in [0.29, 0.717) is 0 Å². The summed E-state index contributed by atoms with van der Waals surface area (Å²) in [6, 6.07) is 24.3. The second-order valence-corrected chi connectivity index (χ2v) is 9.97. The quantitative estimate of drug-likeness (QED) is 0.676. The predicted molar refractivity (Wildman–Crippen MR) is 92.4 cm³/mol. The largest absolute Gasteiger partial charge is 0.298 e. The monoisotopic (exact) mass is 308 g/mol. The molecule has 3 heteroatoms. The van der Waals surface area contributed by atoms with Gasteiger partial charge in [-0.2, -0.15) is 0 Å². The van der Waals surface area contributed by atoms with Crippen molar-refractivity contribution in [3.8, 4) is 0 Å². The predicted octanol–water partition coefficient (Wildman–Crippen LogP) is 3.36. The summed E-state index contributed by atoms with van der Waals surface area (Å²) in [7, 11) is -2.44. The third-order valence-corrected chi connectivity index (χ3v) is 9.10. The molecule has 0 fully saturated rings. The molecule has 104 valence electrons. The highest BCUT2D eigenvalue weighted by atomic mass is 32.1. The van der Waals surface area contributed by atoms with Crippen LogP contribution in [0.15, 0.2) is 78.2 Å². The van der Waals surface area contributed by atoms with E-state index in [-0.39, 0.29) is 5.41 Å². The minimum Gasteiger partial charge on any atom is -0.298 e. The first-order valence-electron chi connectivity index (χ1n) is 6.92. The van der Waals surface area contributed by atoms with Crippen LogP contribution >= 0.6 is 11.3 Å². The fraction of sp³-hybridized carbons (Fsp3) is 0.0556. The molecule has 0 spiro atoms. The molecule has 0 aliphatic heterocycles. The van der Waals surface area contributed by atoms with Crippen LogP contribution in [0.5, 0.6) is 0 Å². The Morgan fingerprint density at radius 1 is 0.810 bits per heavy atom. The van der Waals surface area contributed by atoms with Gasteiger partial charge in [-0.3, -0.25) is 4.79 Å². The van der Waals surface area contributed by atoms with Crippen LogP contribution in [0, 0.1) is 0 Å². The molecular weight excluding hydrogens is 292 g/mol. The summed E-state index contributed by atoms with van der Waals surface area (Å²) in [6.45, 7) is 2.15. The van der Waals surface area contributed by atoms with Crippen molar-refractivity contribution in [1.82, 2.24) is 0 Å². The van der Waals surface area contributed by atoms with Crippen molar-refractivity contribution < 1.29 is 4.79 Å². The Balaban J connectivity index is 2.18. The molecule has 0 bridgehead atoms. The highest BCUT2D eigenvalue weighted by Gasteiger charge is 2.40. The molecule has 0 unspecified atom stereocenters. The van der Waals surface area contributed by atoms with Crippen molar-refractivity contribution in [3.63, 3.8) is 0 Å². The lowest BCUT2D eigenvalue weighted by atomic mass is 10.4. The molecule has 1 heterocycles. The summed E-state index contributed by atoms with van der Waals surface area (Å²) in [5.41, 5.74) is 0. The number of benzene rings is 2. The molecule has 0 radical (unpaired) electrons. The highest BCUT2D eigenvalue weighted by Crippen LogP contribution is 2.17. The standard InChI is InChI=1S/C18H16OSSi/c1-21(15-9-4-2-5-10-15,16-11-6-3-7-12-16)18(19)17-13-8-14-20-17/h2-14H,1H3. The van der Waals surface area contributed by atoms with Crippen LogP contribution in [-0.2, 0) is 0 Å². The molecule has 21 heavy (non-hydrogen) atoms. The Morgan fingerprint density at radius 3 is 1.76 bits per heavy atom. The van der Waals surface area contributed by atoms with Crippen molar-refractivity contribution in [3.05, 3.63) is 83.1 Å². The summed E-state index contributed by atoms with van der Waals surface area (Å²) in [6.07, 6.45) is 0. The maximum Gasteiger partial charge on any atom is 0.198 e. The SMILES string of the molecule is C[Si](C(=O)c1cccs1)(c1ccccc1)c1ccccc1. The number of carbonyl (C=O) groups excluding carboxylic acids is 1. The van der Waals surface area contributed by atoms with Crippen LogP contribution in [-0.4, -0.2) is 13.5 Å². The van der Waals surface area contributed by atoms with Gasteiger partial charge in [-0.25, -0.2) is 0 Å². The normalized spacial score (nSPS) is 11.3. The second kappa shape index (κ2) is 5.80. The van der Waals surface area contributed by atoms with Crippen LogP contribution in [0.4, 0.5) is 0 Å². The minimum atomic E-state index is -2.44. The molecule has 1 aromatic heterocycles. The zero-order valence-corrected chi connectivity index (χ0v) is 13.6. The van der Waals surface area contributed by atoms with E-state index in [9.17, 15) is 4.79 Å². The summed E-state index contributed by atoms with van der Waals surface area (Å²) >= 11 is 1.53. The van der Waals surface area contributed by atoms with Gasteiger partial charge >= 0.3 is 0 Å². The maximum absolute atomic E-state index is 13.2. The van der Waals surface area contributed by atoms with Crippen molar-refractivity contribution in [2.24, 2.45) is 0 Å². The molecule has 0 saturated heterocycles. The molecule has 0 aliphatic rings.